The molecule has 0 fully saturated rings. The van der Waals surface area contributed by atoms with Gasteiger partial charge in [-0.1, -0.05) is 27.7 Å². The van der Waals surface area contributed by atoms with Gasteiger partial charge in [0.15, 0.2) is 0 Å². The molecule has 0 aliphatic rings. The standard InChI is InChI=1S/C13H19N3/c1-10(2)13(3,4)9-16-12-8-15-6-5-11(12)7-14/h5-6,8,10,16H,9H2,1-4H3. The molecule has 0 saturated carbocycles. The van der Waals surface area contributed by atoms with E-state index in [0.717, 1.165) is 12.2 Å². The average molecular weight is 217 g/mol. The molecule has 1 aromatic rings. The summed E-state index contributed by atoms with van der Waals surface area (Å²) in [5.74, 6) is 0.585. The minimum absolute atomic E-state index is 0.197. The Kier molecular flexibility index (Phi) is 3.89. The molecule has 0 atom stereocenters. The molecular weight excluding hydrogens is 198 g/mol. The Morgan fingerprint density at radius 2 is 2.19 bits per heavy atom. The monoisotopic (exact) mass is 217 g/mol. The number of rotatable bonds is 4. The molecule has 0 saturated heterocycles. The molecule has 16 heavy (non-hydrogen) atoms. The fraction of sp³-hybridized carbons (Fsp3) is 0.538. The van der Waals surface area contributed by atoms with E-state index < -0.39 is 0 Å². The van der Waals surface area contributed by atoms with E-state index in [4.69, 9.17) is 5.26 Å². The highest BCUT2D eigenvalue weighted by Crippen LogP contribution is 2.26. The van der Waals surface area contributed by atoms with Crippen molar-refractivity contribution in [2.45, 2.75) is 27.7 Å². The smallest absolute Gasteiger partial charge is 0.101 e. The Hall–Kier alpha value is -1.56. The molecule has 0 aromatic carbocycles. The van der Waals surface area contributed by atoms with Crippen molar-refractivity contribution in [2.24, 2.45) is 11.3 Å². The Bertz CT molecular complexity index is 388. The summed E-state index contributed by atoms with van der Waals surface area (Å²) in [5.41, 5.74) is 1.66. The van der Waals surface area contributed by atoms with E-state index in [9.17, 15) is 0 Å². The molecule has 0 spiro atoms. The number of nitrogens with zero attached hydrogens (tertiary/aromatic N) is 2. The van der Waals surface area contributed by atoms with Crippen molar-refractivity contribution < 1.29 is 0 Å². The predicted molar refractivity (Wildman–Crippen MR) is 66.1 cm³/mol. The quantitative estimate of drug-likeness (QED) is 0.843. The molecule has 0 aliphatic heterocycles. The number of anilines is 1. The van der Waals surface area contributed by atoms with Crippen molar-refractivity contribution in [3.05, 3.63) is 24.0 Å². The molecule has 0 aliphatic carbocycles. The summed E-state index contributed by atoms with van der Waals surface area (Å²) in [4.78, 5) is 4.03. The Labute approximate surface area is 97.5 Å². The van der Waals surface area contributed by atoms with Gasteiger partial charge in [0.2, 0.25) is 0 Å². The van der Waals surface area contributed by atoms with Crippen LogP contribution in [-0.2, 0) is 0 Å². The zero-order valence-corrected chi connectivity index (χ0v) is 10.4. The van der Waals surface area contributed by atoms with E-state index in [2.05, 4.69) is 44.1 Å². The molecule has 0 bridgehead atoms. The second-order valence-electron chi connectivity index (χ2n) is 5.03. The van der Waals surface area contributed by atoms with E-state index >= 15 is 0 Å². The van der Waals surface area contributed by atoms with Gasteiger partial charge in [0.25, 0.3) is 0 Å². The Balaban J connectivity index is 2.72. The maximum atomic E-state index is 8.94. The van der Waals surface area contributed by atoms with Crippen LogP contribution in [0.2, 0.25) is 0 Å². The molecule has 1 N–H and O–H groups in total. The van der Waals surface area contributed by atoms with Crippen molar-refractivity contribution in [3.8, 4) is 6.07 Å². The molecule has 1 rings (SSSR count). The first-order valence-electron chi connectivity index (χ1n) is 5.55. The van der Waals surface area contributed by atoms with E-state index in [1.807, 2.05) is 0 Å². The van der Waals surface area contributed by atoms with Gasteiger partial charge in [-0.15, -0.1) is 0 Å². The van der Waals surface area contributed by atoms with Crippen LogP contribution in [0.15, 0.2) is 18.5 Å². The topological polar surface area (TPSA) is 48.7 Å². The van der Waals surface area contributed by atoms with Gasteiger partial charge in [0.05, 0.1) is 17.4 Å². The highest BCUT2D eigenvalue weighted by molar-refractivity contribution is 5.55. The van der Waals surface area contributed by atoms with Crippen LogP contribution in [0.4, 0.5) is 5.69 Å². The van der Waals surface area contributed by atoms with Gasteiger partial charge in [0, 0.05) is 12.7 Å². The van der Waals surface area contributed by atoms with Crippen LogP contribution < -0.4 is 5.32 Å². The SMILES string of the molecule is CC(C)C(C)(C)CNc1cnccc1C#N. The van der Waals surface area contributed by atoms with Crippen LogP contribution in [-0.4, -0.2) is 11.5 Å². The van der Waals surface area contributed by atoms with Crippen molar-refractivity contribution in [2.75, 3.05) is 11.9 Å². The third kappa shape index (κ3) is 2.96. The first-order valence-corrected chi connectivity index (χ1v) is 5.55. The maximum absolute atomic E-state index is 8.94. The van der Waals surface area contributed by atoms with E-state index in [1.165, 1.54) is 0 Å². The third-order valence-corrected chi connectivity index (χ3v) is 3.24. The van der Waals surface area contributed by atoms with Crippen LogP contribution in [0.5, 0.6) is 0 Å². The molecule has 86 valence electrons. The molecular formula is C13H19N3. The minimum Gasteiger partial charge on any atom is -0.382 e. The van der Waals surface area contributed by atoms with Gasteiger partial charge in [-0.2, -0.15) is 5.26 Å². The van der Waals surface area contributed by atoms with Gasteiger partial charge in [-0.05, 0) is 17.4 Å². The predicted octanol–water partition coefficient (Wildman–Crippen LogP) is 3.05. The molecule has 1 heterocycles. The fourth-order valence-electron chi connectivity index (χ4n) is 1.16. The van der Waals surface area contributed by atoms with Gasteiger partial charge in [0.1, 0.15) is 6.07 Å². The summed E-state index contributed by atoms with van der Waals surface area (Å²) in [6, 6.07) is 3.89. The molecule has 3 nitrogen and oxygen atoms in total. The number of nitriles is 1. The first kappa shape index (κ1) is 12.5. The highest BCUT2D eigenvalue weighted by Gasteiger charge is 2.22. The molecule has 0 amide bonds. The summed E-state index contributed by atoms with van der Waals surface area (Å²) in [5, 5.41) is 12.2. The number of pyridine rings is 1. The van der Waals surface area contributed by atoms with Gasteiger partial charge >= 0.3 is 0 Å². The summed E-state index contributed by atoms with van der Waals surface area (Å²) >= 11 is 0. The fourth-order valence-corrected chi connectivity index (χ4v) is 1.16. The van der Waals surface area contributed by atoms with Gasteiger partial charge in [-0.3, -0.25) is 4.98 Å². The lowest BCUT2D eigenvalue weighted by Crippen LogP contribution is -2.28. The highest BCUT2D eigenvalue weighted by atomic mass is 14.9. The molecule has 3 heteroatoms. The number of nitrogens with one attached hydrogen (secondary N) is 1. The van der Waals surface area contributed by atoms with Crippen molar-refractivity contribution in [1.29, 1.82) is 5.26 Å². The summed E-state index contributed by atoms with van der Waals surface area (Å²) in [6.45, 7) is 9.68. The van der Waals surface area contributed by atoms with Gasteiger partial charge in [-0.25, -0.2) is 0 Å². The molecule has 0 radical (unpaired) electrons. The Morgan fingerprint density at radius 1 is 1.50 bits per heavy atom. The van der Waals surface area contributed by atoms with E-state index in [0.29, 0.717) is 11.5 Å². The lowest BCUT2D eigenvalue weighted by molar-refractivity contribution is 0.269. The minimum atomic E-state index is 0.197. The van der Waals surface area contributed by atoms with Gasteiger partial charge < -0.3 is 5.32 Å². The maximum Gasteiger partial charge on any atom is 0.101 e. The Morgan fingerprint density at radius 3 is 2.75 bits per heavy atom. The summed E-state index contributed by atoms with van der Waals surface area (Å²) in [6.07, 6.45) is 3.34. The molecule has 1 aromatic heterocycles. The van der Waals surface area contributed by atoms with E-state index in [-0.39, 0.29) is 5.41 Å². The molecule has 0 unspecified atom stereocenters. The number of hydrogen-bond acceptors (Lipinski definition) is 3. The van der Waals surface area contributed by atoms with Crippen molar-refractivity contribution >= 4 is 5.69 Å². The second kappa shape index (κ2) is 4.98. The lowest BCUT2D eigenvalue weighted by Gasteiger charge is -2.29. The van der Waals surface area contributed by atoms with Crippen LogP contribution in [0.3, 0.4) is 0 Å². The van der Waals surface area contributed by atoms with Crippen LogP contribution in [0.1, 0.15) is 33.3 Å². The van der Waals surface area contributed by atoms with Crippen molar-refractivity contribution in [3.63, 3.8) is 0 Å². The first-order chi connectivity index (χ1) is 7.47. The third-order valence-electron chi connectivity index (χ3n) is 3.24. The van der Waals surface area contributed by atoms with Crippen LogP contribution in [0, 0.1) is 22.7 Å². The lowest BCUT2D eigenvalue weighted by atomic mass is 9.81. The van der Waals surface area contributed by atoms with Crippen molar-refractivity contribution in [1.82, 2.24) is 4.98 Å². The largest absolute Gasteiger partial charge is 0.382 e. The van der Waals surface area contributed by atoms with Crippen LogP contribution in [0.25, 0.3) is 0 Å². The summed E-state index contributed by atoms with van der Waals surface area (Å²) < 4.78 is 0. The summed E-state index contributed by atoms with van der Waals surface area (Å²) in [7, 11) is 0. The van der Waals surface area contributed by atoms with E-state index in [1.54, 1.807) is 18.5 Å². The zero-order valence-electron chi connectivity index (χ0n) is 10.4. The number of aromatic nitrogens is 1. The normalized spacial score (nSPS) is 11.2. The number of hydrogen-bond donors (Lipinski definition) is 1. The van der Waals surface area contributed by atoms with Crippen LogP contribution >= 0.6 is 0 Å². The zero-order chi connectivity index (χ0) is 12.2. The average Bonchev–Trinajstić information content (AvgIpc) is 2.26. The second-order valence-corrected chi connectivity index (χ2v) is 5.03.